The molecule has 0 spiro atoms. The largest absolute Gasteiger partial charge is 0.333 e. The molecule has 0 aliphatic heterocycles. The molecule has 1 fully saturated rings. The van der Waals surface area contributed by atoms with Crippen molar-refractivity contribution in [1.82, 2.24) is 9.88 Å². The minimum atomic E-state index is 0.0301. The number of carbonyl (C=O) groups is 1. The number of alkyl halides is 1. The number of aryl methyl sites for hydroxylation is 1. The van der Waals surface area contributed by atoms with E-state index < -0.39 is 0 Å². The van der Waals surface area contributed by atoms with Crippen molar-refractivity contribution in [1.29, 1.82) is 0 Å². The van der Waals surface area contributed by atoms with Crippen LogP contribution in [-0.4, -0.2) is 34.3 Å². The van der Waals surface area contributed by atoms with Gasteiger partial charge in [-0.1, -0.05) is 0 Å². The van der Waals surface area contributed by atoms with Crippen LogP contribution in [0.4, 0.5) is 0 Å². The molecule has 0 bridgehead atoms. The van der Waals surface area contributed by atoms with Gasteiger partial charge < -0.3 is 4.90 Å². The van der Waals surface area contributed by atoms with Crippen molar-refractivity contribution in [3.63, 3.8) is 0 Å². The fourth-order valence-electron chi connectivity index (χ4n) is 1.54. The van der Waals surface area contributed by atoms with Crippen LogP contribution in [0.3, 0.4) is 0 Å². The first-order chi connectivity index (χ1) is 7.22. The number of hydrogen-bond donors (Lipinski definition) is 0. The molecule has 0 aromatic carbocycles. The van der Waals surface area contributed by atoms with E-state index >= 15 is 0 Å². The van der Waals surface area contributed by atoms with Gasteiger partial charge in [0.05, 0.1) is 5.01 Å². The minimum absolute atomic E-state index is 0.0301. The summed E-state index contributed by atoms with van der Waals surface area (Å²) in [6.45, 7) is 2.53. The maximum atomic E-state index is 12.0. The van der Waals surface area contributed by atoms with E-state index in [4.69, 9.17) is 11.6 Å². The predicted octanol–water partition coefficient (Wildman–Crippen LogP) is 2.29. The molecule has 15 heavy (non-hydrogen) atoms. The van der Waals surface area contributed by atoms with Crippen LogP contribution in [0.2, 0.25) is 0 Å². The standard InChI is InChI=1S/C10H13ClN2OS/c1-7-12-9(6-15-7)10(14)13(5-4-11)8-2-3-8/h6,8H,2-5H2,1H3. The third-order valence-corrected chi connectivity index (χ3v) is 3.35. The van der Waals surface area contributed by atoms with Crippen LogP contribution in [-0.2, 0) is 0 Å². The Balaban J connectivity index is 2.10. The smallest absolute Gasteiger partial charge is 0.273 e. The Morgan fingerprint density at radius 3 is 2.93 bits per heavy atom. The fourth-order valence-corrected chi connectivity index (χ4v) is 2.30. The topological polar surface area (TPSA) is 33.2 Å². The zero-order chi connectivity index (χ0) is 10.8. The molecule has 82 valence electrons. The van der Waals surface area contributed by atoms with Gasteiger partial charge in [0.1, 0.15) is 5.69 Å². The van der Waals surface area contributed by atoms with Crippen molar-refractivity contribution >= 4 is 28.8 Å². The number of thiazole rings is 1. The molecule has 0 radical (unpaired) electrons. The summed E-state index contributed by atoms with van der Waals surface area (Å²) in [5.74, 6) is 0.522. The van der Waals surface area contributed by atoms with Crippen molar-refractivity contribution in [3.8, 4) is 0 Å². The Labute approximate surface area is 98.1 Å². The molecule has 0 unspecified atom stereocenters. The number of nitrogens with zero attached hydrogens (tertiary/aromatic N) is 2. The van der Waals surface area contributed by atoms with E-state index in [-0.39, 0.29) is 5.91 Å². The zero-order valence-electron chi connectivity index (χ0n) is 8.57. The summed E-state index contributed by atoms with van der Waals surface area (Å²) in [5, 5.41) is 2.75. The average molecular weight is 245 g/mol. The lowest BCUT2D eigenvalue weighted by atomic mass is 10.3. The van der Waals surface area contributed by atoms with Gasteiger partial charge in [0.25, 0.3) is 5.91 Å². The summed E-state index contributed by atoms with van der Waals surface area (Å²) in [6.07, 6.45) is 2.21. The highest BCUT2D eigenvalue weighted by atomic mass is 35.5. The molecule has 0 N–H and O–H groups in total. The van der Waals surface area contributed by atoms with Gasteiger partial charge in [0.2, 0.25) is 0 Å². The number of aromatic nitrogens is 1. The maximum absolute atomic E-state index is 12.0. The molecule has 3 nitrogen and oxygen atoms in total. The van der Waals surface area contributed by atoms with Crippen LogP contribution in [0.1, 0.15) is 28.3 Å². The summed E-state index contributed by atoms with van der Waals surface area (Å²) in [5.41, 5.74) is 0.564. The summed E-state index contributed by atoms with van der Waals surface area (Å²) >= 11 is 7.20. The molecule has 0 saturated heterocycles. The average Bonchev–Trinajstić information content (AvgIpc) is 2.96. The summed E-state index contributed by atoms with van der Waals surface area (Å²) in [6, 6.07) is 0.401. The van der Waals surface area contributed by atoms with E-state index in [2.05, 4.69) is 4.98 Å². The molecule has 0 atom stereocenters. The highest BCUT2D eigenvalue weighted by molar-refractivity contribution is 7.09. The van der Waals surface area contributed by atoms with E-state index in [1.165, 1.54) is 11.3 Å². The van der Waals surface area contributed by atoms with Gasteiger partial charge in [0.15, 0.2) is 0 Å². The highest BCUT2D eigenvalue weighted by Crippen LogP contribution is 2.28. The van der Waals surface area contributed by atoms with Crippen LogP contribution >= 0.6 is 22.9 Å². The van der Waals surface area contributed by atoms with Gasteiger partial charge >= 0.3 is 0 Å². The minimum Gasteiger partial charge on any atom is -0.333 e. The van der Waals surface area contributed by atoms with Gasteiger partial charge in [-0.05, 0) is 19.8 Å². The molecule has 1 aromatic rings. The normalized spacial score (nSPS) is 15.3. The predicted molar refractivity (Wildman–Crippen MR) is 61.6 cm³/mol. The molecular formula is C10H13ClN2OS. The number of carbonyl (C=O) groups excluding carboxylic acids is 1. The van der Waals surface area contributed by atoms with Crippen LogP contribution in [0.25, 0.3) is 0 Å². The Kier molecular flexibility index (Phi) is 3.26. The lowest BCUT2D eigenvalue weighted by Crippen LogP contribution is -2.34. The Hall–Kier alpha value is -0.610. The van der Waals surface area contributed by atoms with Crippen molar-refractivity contribution in [3.05, 3.63) is 16.1 Å². The van der Waals surface area contributed by atoms with Crippen LogP contribution in [0.15, 0.2) is 5.38 Å². The zero-order valence-corrected chi connectivity index (χ0v) is 10.1. The second-order valence-corrected chi connectivity index (χ2v) is 5.11. The van der Waals surface area contributed by atoms with Crippen molar-refractivity contribution in [2.45, 2.75) is 25.8 Å². The number of amides is 1. The van der Waals surface area contributed by atoms with E-state index in [0.717, 1.165) is 17.8 Å². The van der Waals surface area contributed by atoms with Gasteiger partial charge in [-0.2, -0.15) is 0 Å². The van der Waals surface area contributed by atoms with E-state index in [1.54, 1.807) is 0 Å². The first kappa shape index (κ1) is 10.9. The molecule has 1 aromatic heterocycles. The fraction of sp³-hybridized carbons (Fsp3) is 0.600. The second kappa shape index (κ2) is 4.49. The monoisotopic (exact) mass is 244 g/mol. The first-order valence-electron chi connectivity index (χ1n) is 5.01. The maximum Gasteiger partial charge on any atom is 0.273 e. The Morgan fingerprint density at radius 1 is 1.73 bits per heavy atom. The van der Waals surface area contributed by atoms with E-state index in [1.807, 2.05) is 17.2 Å². The van der Waals surface area contributed by atoms with Gasteiger partial charge in [0, 0.05) is 23.8 Å². The van der Waals surface area contributed by atoms with Crippen LogP contribution in [0, 0.1) is 6.92 Å². The molecular weight excluding hydrogens is 232 g/mol. The molecule has 1 aliphatic carbocycles. The van der Waals surface area contributed by atoms with Crippen molar-refractivity contribution in [2.75, 3.05) is 12.4 Å². The SMILES string of the molecule is Cc1nc(C(=O)N(CCCl)C2CC2)cs1. The third-order valence-electron chi connectivity index (χ3n) is 2.41. The molecule has 5 heteroatoms. The lowest BCUT2D eigenvalue weighted by Gasteiger charge is -2.19. The van der Waals surface area contributed by atoms with Crippen molar-refractivity contribution in [2.24, 2.45) is 0 Å². The van der Waals surface area contributed by atoms with Gasteiger partial charge in [-0.25, -0.2) is 4.98 Å². The summed E-state index contributed by atoms with van der Waals surface area (Å²) in [7, 11) is 0. The molecule has 1 aliphatic rings. The van der Waals surface area contributed by atoms with E-state index in [0.29, 0.717) is 24.2 Å². The lowest BCUT2D eigenvalue weighted by molar-refractivity contribution is 0.0748. The number of rotatable bonds is 4. The van der Waals surface area contributed by atoms with Gasteiger partial charge in [-0.3, -0.25) is 4.79 Å². The molecule has 1 heterocycles. The van der Waals surface area contributed by atoms with Gasteiger partial charge in [-0.15, -0.1) is 22.9 Å². The van der Waals surface area contributed by atoms with Crippen LogP contribution in [0.5, 0.6) is 0 Å². The summed E-state index contributed by atoms with van der Waals surface area (Å²) in [4.78, 5) is 18.1. The number of halogens is 1. The second-order valence-electron chi connectivity index (χ2n) is 3.67. The number of hydrogen-bond acceptors (Lipinski definition) is 3. The molecule has 1 amide bonds. The summed E-state index contributed by atoms with van der Waals surface area (Å²) < 4.78 is 0. The molecule has 1 saturated carbocycles. The Morgan fingerprint density at radius 2 is 2.47 bits per heavy atom. The van der Waals surface area contributed by atoms with Crippen molar-refractivity contribution < 1.29 is 4.79 Å². The highest BCUT2D eigenvalue weighted by Gasteiger charge is 2.33. The van der Waals surface area contributed by atoms with E-state index in [9.17, 15) is 4.79 Å². The molecule has 2 rings (SSSR count). The third kappa shape index (κ3) is 2.49. The Bertz CT molecular complexity index is 362. The van der Waals surface area contributed by atoms with Crippen LogP contribution < -0.4 is 0 Å². The quantitative estimate of drug-likeness (QED) is 0.762. The first-order valence-corrected chi connectivity index (χ1v) is 6.43.